The van der Waals surface area contributed by atoms with E-state index in [1.165, 1.54) is 0 Å². The van der Waals surface area contributed by atoms with E-state index in [2.05, 4.69) is 0 Å². The second kappa shape index (κ2) is 10.2. The Morgan fingerprint density at radius 1 is 0.842 bits per heavy atom. The Bertz CT molecular complexity index is 477. The molecule has 0 aliphatic heterocycles. The van der Waals surface area contributed by atoms with Gasteiger partial charge >= 0.3 is 108 Å². The zero-order chi connectivity index (χ0) is 12.5. The first kappa shape index (κ1) is 24.5. The summed E-state index contributed by atoms with van der Waals surface area (Å²) >= 11 is 0. The molecule has 0 aliphatic carbocycles. The van der Waals surface area contributed by atoms with Gasteiger partial charge in [0.2, 0.25) is 0 Å². The first-order valence-corrected chi connectivity index (χ1v) is 3.64. The number of non-ortho nitro benzene ring substituents is 1. The van der Waals surface area contributed by atoms with Crippen LogP contribution in [-0.4, -0.2) is 117 Å². The molecule has 0 atom stereocenters. The summed E-state index contributed by atoms with van der Waals surface area (Å²) in [4.78, 5) is 27.8. The van der Waals surface area contributed by atoms with E-state index in [1.807, 2.05) is 0 Å². The molecule has 0 aromatic heterocycles. The van der Waals surface area contributed by atoms with Crippen LogP contribution < -0.4 is 0 Å². The van der Waals surface area contributed by atoms with Gasteiger partial charge in [-0.05, 0) is 0 Å². The number of phenols is 1. The number of rotatable bonds is 3. The van der Waals surface area contributed by atoms with Crippen LogP contribution in [0.15, 0.2) is 12.1 Å². The number of hydrogen-bond donors (Lipinski definition) is 1. The average Bonchev–Trinajstić information content (AvgIpc) is 2.16. The number of benzene rings is 1. The summed E-state index contributed by atoms with van der Waals surface area (Å²) in [6.07, 6.45) is 0. The Balaban J connectivity index is -0.000000853. The third kappa shape index (κ3) is 6.19. The minimum atomic E-state index is -1.21. The molecular formula is C6H7CaN3Na2O7. The van der Waals surface area contributed by atoms with Crippen molar-refractivity contribution in [3.8, 4) is 5.75 Å². The number of phenolic OH excluding ortho intramolecular Hbond substituents is 1. The van der Waals surface area contributed by atoms with Gasteiger partial charge in [0.05, 0.1) is 26.9 Å². The molecule has 0 bridgehead atoms. The van der Waals surface area contributed by atoms with Crippen molar-refractivity contribution in [3.05, 3.63) is 42.5 Å². The van der Waals surface area contributed by atoms with E-state index in [0.29, 0.717) is 12.1 Å². The van der Waals surface area contributed by atoms with Crippen LogP contribution in [0.25, 0.3) is 0 Å². The Kier molecular flexibility index (Phi) is 13.2. The van der Waals surface area contributed by atoms with Gasteiger partial charge in [-0.2, -0.15) is 0 Å². The van der Waals surface area contributed by atoms with E-state index < -0.39 is 37.6 Å². The monoisotopic (exact) mass is 319 g/mol. The van der Waals surface area contributed by atoms with Gasteiger partial charge in [-0.25, -0.2) is 0 Å². The summed E-state index contributed by atoms with van der Waals surface area (Å²) in [7, 11) is 0. The Labute approximate surface area is 179 Å². The van der Waals surface area contributed by atoms with Gasteiger partial charge in [0, 0.05) is 0 Å². The van der Waals surface area contributed by atoms with Gasteiger partial charge in [0.15, 0.2) is 0 Å². The van der Waals surface area contributed by atoms with E-state index in [-0.39, 0.29) is 96.9 Å². The fourth-order valence-electron chi connectivity index (χ4n) is 0.974. The normalized spacial score (nSPS) is 8.21. The van der Waals surface area contributed by atoms with Crippen LogP contribution in [-0.2, 0) is 0 Å². The van der Waals surface area contributed by atoms with Crippen LogP contribution in [0.1, 0.15) is 0 Å². The summed E-state index contributed by atoms with van der Waals surface area (Å²) in [5.74, 6) is -1.21. The number of nitro groups is 3. The summed E-state index contributed by atoms with van der Waals surface area (Å²) in [6.45, 7) is 0. The molecule has 10 nitrogen and oxygen atoms in total. The molecule has 1 rings (SSSR count). The Morgan fingerprint density at radius 2 is 1.16 bits per heavy atom. The molecule has 92 valence electrons. The van der Waals surface area contributed by atoms with E-state index in [4.69, 9.17) is 5.11 Å². The van der Waals surface area contributed by atoms with Gasteiger partial charge in [-0.15, -0.1) is 0 Å². The van der Waals surface area contributed by atoms with Crippen LogP contribution in [0.3, 0.4) is 0 Å². The van der Waals surface area contributed by atoms with Crippen LogP contribution >= 0.6 is 0 Å². The summed E-state index contributed by atoms with van der Waals surface area (Å²) in [5.41, 5.74) is -3.00. The van der Waals surface area contributed by atoms with Crippen LogP contribution in [0.5, 0.6) is 5.75 Å². The van der Waals surface area contributed by atoms with Crippen molar-refractivity contribution in [3.63, 3.8) is 0 Å². The quantitative estimate of drug-likeness (QED) is 0.422. The molecule has 0 radical (unpaired) electrons. The Hall–Kier alpha value is 0.480. The molecular weight excluding hydrogens is 312 g/mol. The van der Waals surface area contributed by atoms with Crippen molar-refractivity contribution in [1.29, 1.82) is 0 Å². The van der Waals surface area contributed by atoms with Crippen LogP contribution in [0, 0.1) is 30.3 Å². The average molecular weight is 319 g/mol. The third-order valence-corrected chi connectivity index (χ3v) is 1.66. The number of hydrogen-bond acceptors (Lipinski definition) is 7. The van der Waals surface area contributed by atoms with Gasteiger partial charge in [-0.3, -0.25) is 30.3 Å². The Morgan fingerprint density at radius 3 is 1.37 bits per heavy atom. The molecule has 1 N–H and O–H groups in total. The van der Waals surface area contributed by atoms with Gasteiger partial charge in [-0.1, -0.05) is 0 Å². The van der Waals surface area contributed by atoms with E-state index in [0.717, 1.165) is 0 Å². The first-order valence-electron chi connectivity index (χ1n) is 3.64. The third-order valence-electron chi connectivity index (χ3n) is 1.66. The molecule has 13 heteroatoms. The zero-order valence-electron chi connectivity index (χ0n) is 7.39. The van der Waals surface area contributed by atoms with Gasteiger partial charge in [0.25, 0.3) is 11.4 Å². The second-order valence-corrected chi connectivity index (χ2v) is 2.60. The molecule has 1 aromatic rings. The van der Waals surface area contributed by atoms with Crippen LogP contribution in [0.2, 0.25) is 0 Å². The molecule has 19 heavy (non-hydrogen) atoms. The number of aromatic hydroxyl groups is 1. The maximum atomic E-state index is 10.4. The predicted molar refractivity (Wildman–Crippen MR) is 70.9 cm³/mol. The zero-order valence-corrected chi connectivity index (χ0v) is 7.39. The van der Waals surface area contributed by atoms with Crippen molar-refractivity contribution >= 4 is 114 Å². The molecule has 0 unspecified atom stereocenters. The maximum absolute atomic E-state index is 10.4. The second-order valence-electron chi connectivity index (χ2n) is 2.60. The molecule has 0 saturated heterocycles. The fraction of sp³-hybridized carbons (Fsp3) is 0. The molecule has 0 spiro atoms. The molecule has 1 aromatic carbocycles. The van der Waals surface area contributed by atoms with Gasteiger partial charge in [0.1, 0.15) is 0 Å². The predicted octanol–water partition coefficient (Wildman–Crippen LogP) is -1.10. The fourth-order valence-corrected chi connectivity index (χ4v) is 0.974. The number of nitro benzene ring substituents is 3. The topological polar surface area (TPSA) is 150 Å². The van der Waals surface area contributed by atoms with Crippen LogP contribution in [0.4, 0.5) is 17.1 Å². The van der Waals surface area contributed by atoms with E-state index in [9.17, 15) is 30.3 Å². The molecule has 0 aliphatic rings. The minimum absolute atomic E-state index is 0. The molecule has 0 heterocycles. The van der Waals surface area contributed by atoms with E-state index >= 15 is 0 Å². The van der Waals surface area contributed by atoms with Crippen molar-refractivity contribution in [2.45, 2.75) is 0 Å². The van der Waals surface area contributed by atoms with E-state index in [1.54, 1.807) is 0 Å². The summed E-state index contributed by atoms with van der Waals surface area (Å²) in [6, 6.07) is 0.894. The van der Waals surface area contributed by atoms with Crippen molar-refractivity contribution < 1.29 is 19.9 Å². The van der Waals surface area contributed by atoms with Crippen molar-refractivity contribution in [2.75, 3.05) is 0 Å². The summed E-state index contributed by atoms with van der Waals surface area (Å²) in [5, 5.41) is 40.2. The molecule has 0 amide bonds. The summed E-state index contributed by atoms with van der Waals surface area (Å²) < 4.78 is 0. The standard InChI is InChI=1S/C6H3N3O7.Ca.2Na.4H/c10-6-4(8(13)14)1-3(7(11)12)2-5(6)9(15)16;;;;;;;/h1-2,10H;;;;;;;. The molecule has 0 fully saturated rings. The number of nitrogens with zero attached hydrogens (tertiary/aromatic N) is 3. The SMILES string of the molecule is O=[N+]([O-])c1cc([N+](=O)[O-])c(O)c([N+](=O)[O-])c1.[CaH2].[NaH].[NaH]. The van der Waals surface area contributed by atoms with Gasteiger partial charge < -0.3 is 5.11 Å². The first-order chi connectivity index (χ1) is 7.34. The molecule has 0 saturated carbocycles. The van der Waals surface area contributed by atoms with Crippen molar-refractivity contribution in [1.82, 2.24) is 0 Å². The van der Waals surface area contributed by atoms with Crippen molar-refractivity contribution in [2.24, 2.45) is 0 Å².